The van der Waals surface area contributed by atoms with Gasteiger partial charge in [-0.3, -0.25) is 10.1 Å². The van der Waals surface area contributed by atoms with Crippen molar-refractivity contribution in [2.24, 2.45) is 0 Å². The Balaban J connectivity index is 2.29. The van der Waals surface area contributed by atoms with Gasteiger partial charge in [0.15, 0.2) is 5.75 Å². The van der Waals surface area contributed by atoms with E-state index in [0.29, 0.717) is 5.56 Å². The number of rotatable bonds is 5. The molecule has 1 N–H and O–H groups in total. The van der Waals surface area contributed by atoms with E-state index in [1.54, 1.807) is 25.1 Å². The summed E-state index contributed by atoms with van der Waals surface area (Å²) in [5.41, 5.74) is 0.449. The number of nitro benzene ring substituents is 1. The molecule has 0 spiro atoms. The molecule has 0 unspecified atom stereocenters. The number of benzene rings is 1. The van der Waals surface area contributed by atoms with Gasteiger partial charge in [0.2, 0.25) is 5.88 Å². The molecule has 2 rings (SSSR count). The van der Waals surface area contributed by atoms with Crippen molar-refractivity contribution < 1.29 is 19.5 Å². The standard InChI is InChI=1S/C14H14N2O5/c1-9(17)10-5-6-15-14(7-10)21-11-3-4-13(20-2)12(8-11)16(18)19/h3-9,17H,1-2H3/t9-/m0/s1. The quantitative estimate of drug-likeness (QED) is 0.672. The molecule has 0 saturated carbocycles. The van der Waals surface area contributed by atoms with Crippen molar-refractivity contribution in [1.82, 2.24) is 4.98 Å². The summed E-state index contributed by atoms with van der Waals surface area (Å²) in [4.78, 5) is 14.4. The first-order valence-electron chi connectivity index (χ1n) is 6.15. The third-order valence-corrected chi connectivity index (χ3v) is 2.81. The first-order valence-corrected chi connectivity index (χ1v) is 6.15. The Labute approximate surface area is 120 Å². The zero-order valence-corrected chi connectivity index (χ0v) is 11.5. The Morgan fingerprint density at radius 3 is 2.71 bits per heavy atom. The SMILES string of the molecule is COc1ccc(Oc2cc([C@H](C)O)ccn2)cc1[N+](=O)[O-]. The number of aliphatic hydroxyl groups is 1. The van der Waals surface area contributed by atoms with Crippen LogP contribution in [0.3, 0.4) is 0 Å². The van der Waals surface area contributed by atoms with Crippen LogP contribution in [0.2, 0.25) is 0 Å². The van der Waals surface area contributed by atoms with Crippen LogP contribution in [0.4, 0.5) is 5.69 Å². The predicted octanol–water partition coefficient (Wildman–Crippen LogP) is 2.84. The molecule has 0 fully saturated rings. The van der Waals surface area contributed by atoms with Crippen molar-refractivity contribution >= 4 is 5.69 Å². The van der Waals surface area contributed by atoms with Gasteiger partial charge in [0.25, 0.3) is 0 Å². The second-order valence-electron chi connectivity index (χ2n) is 4.30. The molecule has 0 bridgehead atoms. The van der Waals surface area contributed by atoms with Crippen LogP contribution in [-0.4, -0.2) is 22.1 Å². The summed E-state index contributed by atoms with van der Waals surface area (Å²) in [7, 11) is 1.36. The number of pyridine rings is 1. The van der Waals surface area contributed by atoms with Gasteiger partial charge in [-0.15, -0.1) is 0 Å². The minimum atomic E-state index is -0.652. The van der Waals surface area contributed by atoms with Gasteiger partial charge < -0.3 is 14.6 Å². The van der Waals surface area contributed by atoms with Crippen molar-refractivity contribution in [3.05, 3.63) is 52.2 Å². The Hall–Kier alpha value is -2.67. The summed E-state index contributed by atoms with van der Waals surface area (Å²) >= 11 is 0. The minimum absolute atomic E-state index is 0.151. The number of aliphatic hydroxyl groups excluding tert-OH is 1. The van der Waals surface area contributed by atoms with Gasteiger partial charge in [-0.2, -0.15) is 0 Å². The molecular formula is C14H14N2O5. The van der Waals surface area contributed by atoms with Crippen LogP contribution in [0, 0.1) is 10.1 Å². The Bertz CT molecular complexity index is 658. The molecule has 7 nitrogen and oxygen atoms in total. The first kappa shape index (κ1) is 14.7. The molecule has 0 saturated heterocycles. The van der Waals surface area contributed by atoms with E-state index in [4.69, 9.17) is 9.47 Å². The topological polar surface area (TPSA) is 94.7 Å². The lowest BCUT2D eigenvalue weighted by atomic mass is 10.2. The molecule has 2 aromatic rings. The van der Waals surface area contributed by atoms with Crippen molar-refractivity contribution in [2.75, 3.05) is 7.11 Å². The molecule has 110 valence electrons. The van der Waals surface area contributed by atoms with E-state index in [1.165, 1.54) is 25.4 Å². The summed E-state index contributed by atoms with van der Waals surface area (Å²) in [5, 5.41) is 20.5. The van der Waals surface area contributed by atoms with Gasteiger partial charge in [-0.1, -0.05) is 0 Å². The van der Waals surface area contributed by atoms with Gasteiger partial charge in [-0.05, 0) is 30.7 Å². The van der Waals surface area contributed by atoms with E-state index < -0.39 is 11.0 Å². The van der Waals surface area contributed by atoms with Gasteiger partial charge >= 0.3 is 5.69 Å². The van der Waals surface area contributed by atoms with Crippen LogP contribution in [-0.2, 0) is 0 Å². The largest absolute Gasteiger partial charge is 0.490 e. The number of nitrogens with zero attached hydrogens (tertiary/aromatic N) is 2. The maximum atomic E-state index is 11.0. The fourth-order valence-electron chi connectivity index (χ4n) is 1.74. The Morgan fingerprint density at radius 2 is 2.10 bits per heavy atom. The second-order valence-corrected chi connectivity index (χ2v) is 4.30. The van der Waals surface area contributed by atoms with E-state index in [-0.39, 0.29) is 23.1 Å². The van der Waals surface area contributed by atoms with Crippen LogP contribution in [0.15, 0.2) is 36.5 Å². The average Bonchev–Trinajstić information content (AvgIpc) is 2.47. The van der Waals surface area contributed by atoms with Gasteiger partial charge in [0.1, 0.15) is 5.75 Å². The molecule has 0 aliphatic rings. The summed E-state index contributed by atoms with van der Waals surface area (Å²) in [5.74, 6) is 0.656. The molecule has 0 radical (unpaired) electrons. The van der Waals surface area contributed by atoms with Crippen LogP contribution in [0.5, 0.6) is 17.4 Å². The lowest BCUT2D eigenvalue weighted by Gasteiger charge is -2.09. The van der Waals surface area contributed by atoms with E-state index in [2.05, 4.69) is 4.98 Å². The number of hydrogen-bond donors (Lipinski definition) is 1. The highest BCUT2D eigenvalue weighted by atomic mass is 16.6. The molecule has 0 aliphatic carbocycles. The van der Waals surface area contributed by atoms with Crippen LogP contribution in [0.25, 0.3) is 0 Å². The number of hydrogen-bond acceptors (Lipinski definition) is 6. The second kappa shape index (κ2) is 6.19. The van der Waals surface area contributed by atoms with Crippen molar-refractivity contribution in [1.29, 1.82) is 0 Å². The summed E-state index contributed by atoms with van der Waals surface area (Å²) in [6.07, 6.45) is 0.843. The molecular weight excluding hydrogens is 276 g/mol. The minimum Gasteiger partial charge on any atom is -0.490 e. The Morgan fingerprint density at radius 1 is 1.33 bits per heavy atom. The van der Waals surface area contributed by atoms with Gasteiger partial charge in [-0.25, -0.2) is 4.98 Å². The highest BCUT2D eigenvalue weighted by Gasteiger charge is 2.16. The highest BCUT2D eigenvalue weighted by Crippen LogP contribution is 2.32. The van der Waals surface area contributed by atoms with Crippen molar-refractivity contribution in [3.8, 4) is 17.4 Å². The number of ether oxygens (including phenoxy) is 2. The predicted molar refractivity (Wildman–Crippen MR) is 74.6 cm³/mol. The molecule has 1 aromatic carbocycles. The van der Waals surface area contributed by atoms with Crippen LogP contribution >= 0.6 is 0 Å². The normalized spacial score (nSPS) is 11.8. The summed E-state index contributed by atoms with van der Waals surface area (Å²) in [6.45, 7) is 1.62. The van der Waals surface area contributed by atoms with E-state index in [1.807, 2.05) is 0 Å². The van der Waals surface area contributed by atoms with Crippen LogP contribution < -0.4 is 9.47 Å². The van der Waals surface area contributed by atoms with Gasteiger partial charge in [0, 0.05) is 12.3 Å². The summed E-state index contributed by atoms with van der Waals surface area (Å²) < 4.78 is 10.4. The van der Waals surface area contributed by atoms with E-state index in [9.17, 15) is 15.2 Å². The van der Waals surface area contributed by atoms with E-state index >= 15 is 0 Å². The molecule has 0 amide bonds. The third-order valence-electron chi connectivity index (χ3n) is 2.81. The molecule has 21 heavy (non-hydrogen) atoms. The Kier molecular flexibility index (Phi) is 4.34. The third kappa shape index (κ3) is 3.46. The molecule has 7 heteroatoms. The molecule has 1 atom stereocenters. The molecule has 0 aliphatic heterocycles. The molecule has 1 aromatic heterocycles. The zero-order chi connectivity index (χ0) is 15.4. The number of methoxy groups -OCH3 is 1. The lowest BCUT2D eigenvalue weighted by Crippen LogP contribution is -1.96. The highest BCUT2D eigenvalue weighted by molar-refractivity contribution is 5.51. The maximum Gasteiger partial charge on any atom is 0.314 e. The fourth-order valence-corrected chi connectivity index (χ4v) is 1.74. The summed E-state index contributed by atoms with van der Waals surface area (Å²) in [6, 6.07) is 7.48. The average molecular weight is 290 g/mol. The van der Waals surface area contributed by atoms with Crippen LogP contribution in [0.1, 0.15) is 18.6 Å². The first-order chi connectivity index (χ1) is 10.0. The number of aromatic nitrogens is 1. The van der Waals surface area contributed by atoms with E-state index in [0.717, 1.165) is 0 Å². The molecule has 1 heterocycles. The van der Waals surface area contributed by atoms with Crippen molar-refractivity contribution in [2.45, 2.75) is 13.0 Å². The van der Waals surface area contributed by atoms with Gasteiger partial charge in [0.05, 0.1) is 24.2 Å². The number of nitro groups is 1. The zero-order valence-electron chi connectivity index (χ0n) is 11.5. The smallest absolute Gasteiger partial charge is 0.314 e. The monoisotopic (exact) mass is 290 g/mol. The lowest BCUT2D eigenvalue weighted by molar-refractivity contribution is -0.385. The fraction of sp³-hybridized carbons (Fsp3) is 0.214. The maximum absolute atomic E-state index is 11.0. The van der Waals surface area contributed by atoms with Crippen molar-refractivity contribution in [3.63, 3.8) is 0 Å².